The van der Waals surface area contributed by atoms with Crippen LogP contribution in [0.5, 0.6) is 0 Å². The van der Waals surface area contributed by atoms with Gasteiger partial charge in [-0.05, 0) is 59.7 Å². The van der Waals surface area contributed by atoms with E-state index in [0.29, 0.717) is 6.04 Å². The van der Waals surface area contributed by atoms with Crippen LogP contribution < -0.4 is 10.6 Å². The Balaban J connectivity index is 4.04. The van der Waals surface area contributed by atoms with E-state index in [1.54, 1.807) is 0 Å². The van der Waals surface area contributed by atoms with Gasteiger partial charge in [-0.2, -0.15) is 0 Å². The zero-order valence-corrected chi connectivity index (χ0v) is 13.8. The van der Waals surface area contributed by atoms with Crippen LogP contribution in [0.15, 0.2) is 4.99 Å². The first-order valence-electron chi connectivity index (χ1n) is 7.65. The fraction of sp³-hybridized carbons (Fsp3) is 0.933. The summed E-state index contributed by atoms with van der Waals surface area (Å²) in [4.78, 5) is 6.82. The molecule has 0 amide bonds. The van der Waals surface area contributed by atoms with E-state index in [0.717, 1.165) is 37.9 Å². The fourth-order valence-corrected chi connectivity index (χ4v) is 1.79. The molecule has 0 aliphatic carbocycles. The van der Waals surface area contributed by atoms with Crippen molar-refractivity contribution in [3.8, 4) is 0 Å². The summed E-state index contributed by atoms with van der Waals surface area (Å²) < 4.78 is 0. The Kier molecular flexibility index (Phi) is 10.6. The van der Waals surface area contributed by atoms with E-state index < -0.39 is 0 Å². The lowest BCUT2D eigenvalue weighted by atomic mass is 10.0. The summed E-state index contributed by atoms with van der Waals surface area (Å²) in [5.41, 5.74) is 0. The summed E-state index contributed by atoms with van der Waals surface area (Å²) in [6, 6.07) is 0.481. The Labute approximate surface area is 120 Å². The van der Waals surface area contributed by atoms with Crippen LogP contribution in [0.25, 0.3) is 0 Å². The first kappa shape index (κ1) is 18.2. The molecule has 1 unspecified atom stereocenters. The van der Waals surface area contributed by atoms with Gasteiger partial charge in [0, 0.05) is 19.1 Å². The standard InChI is InChI=1S/C15H34N4/c1-7-16-15(17-11-8-12-19(5)6)18-14(4)10-9-13(2)3/h13-14H,7-12H2,1-6H3,(H2,16,17,18). The number of rotatable bonds is 9. The zero-order valence-electron chi connectivity index (χ0n) is 13.8. The molecule has 0 saturated carbocycles. The molecule has 0 aromatic heterocycles. The van der Waals surface area contributed by atoms with E-state index in [-0.39, 0.29) is 0 Å². The van der Waals surface area contributed by atoms with Crippen LogP contribution in [0.1, 0.15) is 47.0 Å². The summed E-state index contributed by atoms with van der Waals surface area (Å²) in [5, 5.41) is 6.80. The third kappa shape index (κ3) is 12.0. The van der Waals surface area contributed by atoms with Gasteiger partial charge in [0.25, 0.3) is 0 Å². The molecule has 0 saturated heterocycles. The fourth-order valence-electron chi connectivity index (χ4n) is 1.79. The number of hydrogen-bond donors (Lipinski definition) is 2. The summed E-state index contributed by atoms with van der Waals surface area (Å²) in [6.07, 6.45) is 3.55. The Morgan fingerprint density at radius 3 is 2.37 bits per heavy atom. The Hall–Kier alpha value is -0.770. The van der Waals surface area contributed by atoms with Crippen LogP contribution in [-0.2, 0) is 0 Å². The molecule has 0 aromatic rings. The molecule has 2 N–H and O–H groups in total. The molecule has 19 heavy (non-hydrogen) atoms. The SMILES string of the molecule is CCNC(=NCCCN(C)C)NC(C)CCC(C)C. The quantitative estimate of drug-likeness (QED) is 0.384. The average molecular weight is 270 g/mol. The minimum absolute atomic E-state index is 0.481. The molecule has 0 heterocycles. The lowest BCUT2D eigenvalue weighted by Crippen LogP contribution is -2.42. The molecule has 114 valence electrons. The predicted molar refractivity (Wildman–Crippen MR) is 85.8 cm³/mol. The van der Waals surface area contributed by atoms with E-state index in [1.807, 2.05) is 0 Å². The second kappa shape index (κ2) is 11.1. The van der Waals surface area contributed by atoms with Crippen LogP contribution >= 0.6 is 0 Å². The first-order valence-corrected chi connectivity index (χ1v) is 7.65. The zero-order chi connectivity index (χ0) is 14.7. The number of aliphatic imine (C=N–C) groups is 1. The maximum Gasteiger partial charge on any atom is 0.191 e. The molecule has 1 atom stereocenters. The van der Waals surface area contributed by atoms with Gasteiger partial charge in [-0.25, -0.2) is 0 Å². The Morgan fingerprint density at radius 2 is 1.84 bits per heavy atom. The first-order chi connectivity index (χ1) is 8.95. The maximum absolute atomic E-state index is 4.62. The van der Waals surface area contributed by atoms with Crippen molar-refractivity contribution in [3.63, 3.8) is 0 Å². The highest BCUT2D eigenvalue weighted by Crippen LogP contribution is 2.06. The van der Waals surface area contributed by atoms with Crippen LogP contribution in [0, 0.1) is 5.92 Å². The lowest BCUT2D eigenvalue weighted by Gasteiger charge is -2.18. The minimum Gasteiger partial charge on any atom is -0.357 e. The van der Waals surface area contributed by atoms with Gasteiger partial charge < -0.3 is 15.5 Å². The molecule has 0 spiro atoms. The monoisotopic (exact) mass is 270 g/mol. The highest BCUT2D eigenvalue weighted by atomic mass is 15.2. The second-order valence-electron chi connectivity index (χ2n) is 5.93. The highest BCUT2D eigenvalue weighted by molar-refractivity contribution is 5.79. The third-order valence-corrected chi connectivity index (χ3v) is 2.94. The number of nitrogens with zero attached hydrogens (tertiary/aromatic N) is 2. The van der Waals surface area contributed by atoms with E-state index in [2.05, 4.69) is 62.3 Å². The van der Waals surface area contributed by atoms with Crippen molar-refractivity contribution in [1.82, 2.24) is 15.5 Å². The van der Waals surface area contributed by atoms with E-state index in [9.17, 15) is 0 Å². The van der Waals surface area contributed by atoms with Crippen molar-refractivity contribution in [2.75, 3.05) is 33.7 Å². The summed E-state index contributed by atoms with van der Waals surface area (Å²) in [5.74, 6) is 1.72. The molecule has 4 heteroatoms. The van der Waals surface area contributed by atoms with Crippen molar-refractivity contribution in [1.29, 1.82) is 0 Å². The summed E-state index contributed by atoms with van der Waals surface area (Å²) >= 11 is 0. The molecule has 0 aliphatic heterocycles. The van der Waals surface area contributed by atoms with Gasteiger partial charge in [0.1, 0.15) is 0 Å². The summed E-state index contributed by atoms with van der Waals surface area (Å²) in [7, 11) is 4.20. The smallest absolute Gasteiger partial charge is 0.191 e. The largest absolute Gasteiger partial charge is 0.357 e. The van der Waals surface area contributed by atoms with Gasteiger partial charge in [0.05, 0.1) is 0 Å². The predicted octanol–water partition coefficient (Wildman–Crippen LogP) is 2.32. The molecule has 0 rings (SSSR count). The van der Waals surface area contributed by atoms with E-state index in [1.165, 1.54) is 12.8 Å². The average Bonchev–Trinajstić information content (AvgIpc) is 2.32. The van der Waals surface area contributed by atoms with Crippen LogP contribution in [0.4, 0.5) is 0 Å². The van der Waals surface area contributed by atoms with Gasteiger partial charge >= 0.3 is 0 Å². The number of nitrogens with one attached hydrogen (secondary N) is 2. The molecule has 4 nitrogen and oxygen atoms in total. The lowest BCUT2D eigenvalue weighted by molar-refractivity contribution is 0.403. The van der Waals surface area contributed by atoms with Crippen molar-refractivity contribution < 1.29 is 0 Å². The molecule has 0 fully saturated rings. The third-order valence-electron chi connectivity index (χ3n) is 2.94. The molecule has 0 aliphatic rings. The molecule has 0 aromatic carbocycles. The number of guanidine groups is 1. The van der Waals surface area contributed by atoms with Gasteiger partial charge in [0.15, 0.2) is 5.96 Å². The van der Waals surface area contributed by atoms with E-state index in [4.69, 9.17) is 0 Å². The topological polar surface area (TPSA) is 39.7 Å². The molecular formula is C15H34N4. The van der Waals surface area contributed by atoms with Crippen LogP contribution in [0.3, 0.4) is 0 Å². The van der Waals surface area contributed by atoms with Crippen molar-refractivity contribution in [2.45, 2.75) is 53.0 Å². The molecule has 0 bridgehead atoms. The number of hydrogen-bond acceptors (Lipinski definition) is 2. The molecular weight excluding hydrogens is 236 g/mol. The van der Waals surface area contributed by atoms with Crippen molar-refractivity contribution in [2.24, 2.45) is 10.9 Å². The second-order valence-corrected chi connectivity index (χ2v) is 5.93. The van der Waals surface area contributed by atoms with Crippen molar-refractivity contribution >= 4 is 5.96 Å². The van der Waals surface area contributed by atoms with Gasteiger partial charge in [-0.15, -0.1) is 0 Å². The summed E-state index contributed by atoms with van der Waals surface area (Å²) in [6.45, 7) is 11.8. The molecule has 0 radical (unpaired) electrons. The van der Waals surface area contributed by atoms with Gasteiger partial charge in [-0.3, -0.25) is 4.99 Å². The minimum atomic E-state index is 0.481. The van der Waals surface area contributed by atoms with Gasteiger partial charge in [0.2, 0.25) is 0 Å². The van der Waals surface area contributed by atoms with Crippen LogP contribution in [-0.4, -0.2) is 50.6 Å². The maximum atomic E-state index is 4.62. The highest BCUT2D eigenvalue weighted by Gasteiger charge is 2.05. The Bertz CT molecular complexity index is 236. The van der Waals surface area contributed by atoms with Crippen LogP contribution in [0.2, 0.25) is 0 Å². The normalized spacial score (nSPS) is 14.0. The van der Waals surface area contributed by atoms with E-state index >= 15 is 0 Å². The Morgan fingerprint density at radius 1 is 1.16 bits per heavy atom. The van der Waals surface area contributed by atoms with Crippen molar-refractivity contribution in [3.05, 3.63) is 0 Å². The van der Waals surface area contributed by atoms with Gasteiger partial charge in [-0.1, -0.05) is 13.8 Å².